The van der Waals surface area contributed by atoms with E-state index in [-0.39, 0.29) is 0 Å². The van der Waals surface area contributed by atoms with Crippen molar-refractivity contribution in [1.82, 2.24) is 14.4 Å². The van der Waals surface area contributed by atoms with Crippen LogP contribution in [0.2, 0.25) is 0 Å². The van der Waals surface area contributed by atoms with Gasteiger partial charge in [0.1, 0.15) is 10.4 Å². The van der Waals surface area contributed by atoms with Crippen molar-refractivity contribution in [2.24, 2.45) is 0 Å². The first-order valence-corrected chi connectivity index (χ1v) is 6.09. The van der Waals surface area contributed by atoms with E-state index in [0.29, 0.717) is 0 Å². The highest BCUT2D eigenvalue weighted by Gasteiger charge is 2.10. The van der Waals surface area contributed by atoms with Gasteiger partial charge in [0.2, 0.25) is 0 Å². The van der Waals surface area contributed by atoms with Crippen molar-refractivity contribution in [2.45, 2.75) is 6.92 Å². The molecule has 3 nitrogen and oxygen atoms in total. The van der Waals surface area contributed by atoms with E-state index in [4.69, 9.17) is 0 Å². The van der Waals surface area contributed by atoms with Crippen molar-refractivity contribution >= 4 is 21.4 Å². The van der Waals surface area contributed by atoms with Crippen LogP contribution in [-0.4, -0.2) is 14.4 Å². The Kier molecular flexibility index (Phi) is 2.44. The Bertz CT molecular complexity index is 674. The summed E-state index contributed by atoms with van der Waals surface area (Å²) in [6, 6.07) is 8.07. The molecule has 3 aromatic heterocycles. The van der Waals surface area contributed by atoms with E-state index in [2.05, 4.69) is 55.6 Å². The number of fused-ring (bicyclic) bond motifs is 1. The molecule has 0 spiro atoms. The number of aromatic nitrogens is 3. The van der Waals surface area contributed by atoms with Gasteiger partial charge in [-0.05, 0) is 46.6 Å². The van der Waals surface area contributed by atoms with Crippen LogP contribution in [0.5, 0.6) is 0 Å². The maximum absolute atomic E-state index is 4.54. The molecule has 0 radical (unpaired) electrons. The van der Waals surface area contributed by atoms with Crippen molar-refractivity contribution in [2.75, 3.05) is 0 Å². The number of halogens is 1. The number of imidazole rings is 1. The maximum Gasteiger partial charge on any atom is 0.147 e. The smallest absolute Gasteiger partial charge is 0.147 e. The molecule has 0 aliphatic heterocycles. The van der Waals surface area contributed by atoms with Gasteiger partial charge in [0.05, 0.1) is 5.52 Å². The van der Waals surface area contributed by atoms with Gasteiger partial charge in [-0.25, -0.2) is 4.98 Å². The Hall–Kier alpha value is -1.68. The van der Waals surface area contributed by atoms with Crippen LogP contribution >= 0.6 is 15.9 Å². The molecule has 0 unspecified atom stereocenters. The number of hydrogen-bond donors (Lipinski definition) is 0. The zero-order valence-electron chi connectivity index (χ0n) is 9.26. The van der Waals surface area contributed by atoms with E-state index in [1.165, 1.54) is 5.56 Å². The second-order valence-electron chi connectivity index (χ2n) is 3.93. The number of pyridine rings is 2. The Morgan fingerprint density at radius 2 is 2.12 bits per heavy atom. The third-order valence-corrected chi connectivity index (χ3v) is 3.24. The third kappa shape index (κ3) is 1.74. The Labute approximate surface area is 107 Å². The number of aryl methyl sites for hydroxylation is 1. The minimum atomic E-state index is 0.858. The van der Waals surface area contributed by atoms with Crippen molar-refractivity contribution in [1.29, 1.82) is 0 Å². The molecule has 3 aromatic rings. The predicted octanol–water partition coefficient (Wildman–Crippen LogP) is 3.47. The lowest BCUT2D eigenvalue weighted by molar-refractivity contribution is 1.13. The monoisotopic (exact) mass is 287 g/mol. The molecule has 0 aliphatic carbocycles. The quantitative estimate of drug-likeness (QED) is 0.686. The number of rotatable bonds is 1. The molecule has 4 heteroatoms. The second kappa shape index (κ2) is 3.96. The standard InChI is InChI=1S/C13H10BrN3/c1-9-4-5-11-12(14)16-13(17(11)8-9)10-3-2-6-15-7-10/h2-8H,1H3. The maximum atomic E-state index is 4.54. The Morgan fingerprint density at radius 3 is 2.88 bits per heavy atom. The summed E-state index contributed by atoms with van der Waals surface area (Å²) in [6.07, 6.45) is 5.67. The lowest BCUT2D eigenvalue weighted by Crippen LogP contribution is -1.90. The molecule has 0 atom stereocenters. The lowest BCUT2D eigenvalue weighted by atomic mass is 10.2. The zero-order valence-corrected chi connectivity index (χ0v) is 10.8. The van der Waals surface area contributed by atoms with Gasteiger partial charge >= 0.3 is 0 Å². The summed E-state index contributed by atoms with van der Waals surface area (Å²) in [7, 11) is 0. The summed E-state index contributed by atoms with van der Waals surface area (Å²) < 4.78 is 2.94. The summed E-state index contributed by atoms with van der Waals surface area (Å²) in [6.45, 7) is 2.07. The molecule has 0 fully saturated rings. The SMILES string of the molecule is Cc1ccc2c(Br)nc(-c3cccnc3)n2c1. The molecule has 0 aromatic carbocycles. The Balaban J connectivity index is 2.34. The van der Waals surface area contributed by atoms with Crippen LogP contribution in [0.25, 0.3) is 16.9 Å². The number of nitrogens with zero attached hydrogens (tertiary/aromatic N) is 3. The highest BCUT2D eigenvalue weighted by Crippen LogP contribution is 2.25. The van der Waals surface area contributed by atoms with Gasteiger partial charge < -0.3 is 0 Å². The summed E-state index contributed by atoms with van der Waals surface area (Å²) in [5, 5.41) is 0. The predicted molar refractivity (Wildman–Crippen MR) is 70.9 cm³/mol. The molecule has 0 saturated carbocycles. The summed E-state index contributed by atoms with van der Waals surface area (Å²) in [5.74, 6) is 0.906. The molecular formula is C13H10BrN3. The summed E-state index contributed by atoms with van der Waals surface area (Å²) >= 11 is 3.49. The van der Waals surface area contributed by atoms with Crippen molar-refractivity contribution < 1.29 is 0 Å². The molecule has 0 bridgehead atoms. The van der Waals surface area contributed by atoms with E-state index in [0.717, 1.165) is 21.5 Å². The second-order valence-corrected chi connectivity index (χ2v) is 4.68. The zero-order chi connectivity index (χ0) is 11.8. The van der Waals surface area contributed by atoms with E-state index < -0.39 is 0 Å². The number of hydrogen-bond acceptors (Lipinski definition) is 2. The molecule has 17 heavy (non-hydrogen) atoms. The van der Waals surface area contributed by atoms with Gasteiger partial charge in [0.25, 0.3) is 0 Å². The highest BCUT2D eigenvalue weighted by atomic mass is 79.9. The molecule has 0 saturated heterocycles. The van der Waals surface area contributed by atoms with Gasteiger partial charge in [-0.2, -0.15) is 0 Å². The van der Waals surface area contributed by atoms with E-state index in [9.17, 15) is 0 Å². The van der Waals surface area contributed by atoms with Crippen molar-refractivity contribution in [3.8, 4) is 11.4 Å². The summed E-state index contributed by atoms with van der Waals surface area (Å²) in [5.41, 5.74) is 3.28. The molecule has 0 N–H and O–H groups in total. The largest absolute Gasteiger partial charge is 0.298 e. The molecular weight excluding hydrogens is 278 g/mol. The fourth-order valence-corrected chi connectivity index (χ4v) is 2.34. The van der Waals surface area contributed by atoms with Crippen LogP contribution in [0.15, 0.2) is 47.5 Å². The molecule has 3 heterocycles. The Morgan fingerprint density at radius 1 is 1.24 bits per heavy atom. The van der Waals surface area contributed by atoms with Crippen molar-refractivity contribution in [3.05, 3.63) is 53.0 Å². The first kappa shape index (κ1) is 10.5. The first-order valence-electron chi connectivity index (χ1n) is 5.30. The van der Waals surface area contributed by atoms with Gasteiger partial charge in [0, 0.05) is 24.2 Å². The fraction of sp³-hybridized carbons (Fsp3) is 0.0769. The summed E-state index contributed by atoms with van der Waals surface area (Å²) in [4.78, 5) is 8.67. The van der Waals surface area contributed by atoms with E-state index >= 15 is 0 Å². The van der Waals surface area contributed by atoms with Crippen LogP contribution in [0, 0.1) is 6.92 Å². The fourth-order valence-electron chi connectivity index (χ4n) is 1.85. The minimum Gasteiger partial charge on any atom is -0.298 e. The normalized spacial score (nSPS) is 10.9. The van der Waals surface area contributed by atoms with Gasteiger partial charge in [0.15, 0.2) is 0 Å². The first-order chi connectivity index (χ1) is 8.25. The van der Waals surface area contributed by atoms with Crippen molar-refractivity contribution in [3.63, 3.8) is 0 Å². The highest BCUT2D eigenvalue weighted by molar-refractivity contribution is 9.10. The van der Waals surface area contributed by atoms with Gasteiger partial charge in [-0.15, -0.1) is 0 Å². The van der Waals surface area contributed by atoms with Crippen LogP contribution < -0.4 is 0 Å². The average Bonchev–Trinajstić information content (AvgIpc) is 2.67. The van der Waals surface area contributed by atoms with Gasteiger partial charge in [-0.3, -0.25) is 9.38 Å². The average molecular weight is 288 g/mol. The molecule has 0 amide bonds. The van der Waals surface area contributed by atoms with Crippen LogP contribution in [0.3, 0.4) is 0 Å². The topological polar surface area (TPSA) is 30.2 Å². The van der Waals surface area contributed by atoms with Crippen LogP contribution in [-0.2, 0) is 0 Å². The molecule has 84 valence electrons. The van der Waals surface area contributed by atoms with E-state index in [1.807, 2.05) is 18.3 Å². The third-order valence-electron chi connectivity index (χ3n) is 2.66. The molecule has 3 rings (SSSR count). The van der Waals surface area contributed by atoms with Gasteiger partial charge in [-0.1, -0.05) is 6.07 Å². The lowest BCUT2D eigenvalue weighted by Gasteiger charge is -2.01. The van der Waals surface area contributed by atoms with E-state index in [1.54, 1.807) is 6.20 Å². The van der Waals surface area contributed by atoms with Crippen LogP contribution in [0.1, 0.15) is 5.56 Å². The molecule has 0 aliphatic rings. The van der Waals surface area contributed by atoms with Crippen LogP contribution in [0.4, 0.5) is 0 Å². The minimum absolute atomic E-state index is 0.858.